The van der Waals surface area contributed by atoms with E-state index in [-0.39, 0.29) is 5.91 Å². The van der Waals surface area contributed by atoms with E-state index in [1.807, 2.05) is 37.2 Å². The van der Waals surface area contributed by atoms with Crippen LogP contribution in [-0.2, 0) is 13.5 Å². The molecule has 0 bridgehead atoms. The third-order valence-corrected chi connectivity index (χ3v) is 6.04. The SMILES string of the molecule is COc1ccc(Cc2cc(C)nc(C3CCN(C(=O)c4cn(C)nc4C)CC3)c2)cc1. The third kappa shape index (κ3) is 4.79. The van der Waals surface area contributed by atoms with Crippen LogP contribution in [0.4, 0.5) is 0 Å². The summed E-state index contributed by atoms with van der Waals surface area (Å²) in [5.74, 6) is 1.34. The molecule has 2 aromatic heterocycles. The van der Waals surface area contributed by atoms with Crippen LogP contribution >= 0.6 is 0 Å². The molecule has 0 spiro atoms. The molecule has 6 nitrogen and oxygen atoms in total. The number of amides is 1. The van der Waals surface area contributed by atoms with Crippen molar-refractivity contribution < 1.29 is 9.53 Å². The summed E-state index contributed by atoms with van der Waals surface area (Å²) in [7, 11) is 3.53. The van der Waals surface area contributed by atoms with Crippen molar-refractivity contribution in [3.63, 3.8) is 0 Å². The van der Waals surface area contributed by atoms with E-state index in [1.165, 1.54) is 11.1 Å². The number of pyridine rings is 1. The van der Waals surface area contributed by atoms with Crippen molar-refractivity contribution in [2.75, 3.05) is 20.2 Å². The number of nitrogens with zero attached hydrogens (tertiary/aromatic N) is 4. The Kier molecular flexibility index (Phi) is 6.07. The Morgan fingerprint density at radius 2 is 1.81 bits per heavy atom. The largest absolute Gasteiger partial charge is 0.497 e. The number of hydrogen-bond acceptors (Lipinski definition) is 4. The van der Waals surface area contributed by atoms with E-state index in [9.17, 15) is 4.79 Å². The molecule has 0 saturated carbocycles. The highest BCUT2D eigenvalue weighted by Gasteiger charge is 2.27. The maximum atomic E-state index is 12.9. The van der Waals surface area contributed by atoms with Gasteiger partial charge < -0.3 is 9.64 Å². The van der Waals surface area contributed by atoms with Gasteiger partial charge in [-0.25, -0.2) is 0 Å². The molecule has 1 aliphatic heterocycles. The molecule has 1 fully saturated rings. The fourth-order valence-electron chi connectivity index (χ4n) is 4.42. The molecule has 3 aromatic rings. The van der Waals surface area contributed by atoms with Crippen molar-refractivity contribution in [3.05, 3.63) is 76.4 Å². The zero-order valence-corrected chi connectivity index (χ0v) is 18.8. The number of ether oxygens (including phenoxy) is 1. The molecule has 31 heavy (non-hydrogen) atoms. The minimum Gasteiger partial charge on any atom is -0.497 e. The maximum absolute atomic E-state index is 12.9. The number of carbonyl (C=O) groups is 1. The number of hydrogen-bond donors (Lipinski definition) is 0. The predicted molar refractivity (Wildman–Crippen MR) is 121 cm³/mol. The average molecular weight is 419 g/mol. The minimum atomic E-state index is 0.0847. The molecule has 1 saturated heterocycles. The van der Waals surface area contributed by atoms with Crippen molar-refractivity contribution in [1.82, 2.24) is 19.7 Å². The molecule has 4 rings (SSSR count). The van der Waals surface area contributed by atoms with Crippen LogP contribution in [0.3, 0.4) is 0 Å². The molecule has 0 unspecified atom stereocenters. The Morgan fingerprint density at radius 1 is 1.10 bits per heavy atom. The summed E-state index contributed by atoms with van der Waals surface area (Å²) in [6.45, 7) is 5.45. The molecule has 1 aliphatic rings. The Balaban J connectivity index is 1.43. The van der Waals surface area contributed by atoms with Gasteiger partial charge in [-0.15, -0.1) is 0 Å². The van der Waals surface area contributed by atoms with Crippen molar-refractivity contribution >= 4 is 5.91 Å². The van der Waals surface area contributed by atoms with E-state index in [4.69, 9.17) is 9.72 Å². The molecule has 3 heterocycles. The number of benzene rings is 1. The fourth-order valence-corrected chi connectivity index (χ4v) is 4.42. The lowest BCUT2D eigenvalue weighted by atomic mass is 9.91. The Hall–Kier alpha value is -3.15. The second-order valence-electron chi connectivity index (χ2n) is 8.43. The van der Waals surface area contributed by atoms with Gasteiger partial charge in [0, 0.05) is 43.6 Å². The summed E-state index contributed by atoms with van der Waals surface area (Å²) in [6.07, 6.45) is 4.56. The Labute approximate surface area is 183 Å². The quantitative estimate of drug-likeness (QED) is 0.627. The zero-order chi connectivity index (χ0) is 22.0. The smallest absolute Gasteiger partial charge is 0.257 e. The van der Waals surface area contributed by atoms with Gasteiger partial charge in [-0.2, -0.15) is 5.10 Å². The van der Waals surface area contributed by atoms with Crippen LogP contribution in [0, 0.1) is 13.8 Å². The molecular formula is C25H30N4O2. The highest BCUT2D eigenvalue weighted by Crippen LogP contribution is 2.29. The van der Waals surface area contributed by atoms with E-state index < -0.39 is 0 Å². The van der Waals surface area contributed by atoms with Crippen LogP contribution < -0.4 is 4.74 Å². The van der Waals surface area contributed by atoms with E-state index in [2.05, 4.69) is 36.3 Å². The third-order valence-electron chi connectivity index (χ3n) is 6.04. The van der Waals surface area contributed by atoms with Gasteiger partial charge in [0.15, 0.2) is 0 Å². The van der Waals surface area contributed by atoms with Gasteiger partial charge in [0.25, 0.3) is 5.91 Å². The van der Waals surface area contributed by atoms with Gasteiger partial charge in [0.05, 0.1) is 18.4 Å². The molecule has 0 atom stereocenters. The standard InChI is InChI=1S/C25H30N4O2/c1-17-13-20(14-19-5-7-22(31-4)8-6-19)15-24(26-17)21-9-11-29(12-10-21)25(30)23-16-28(3)27-18(23)2/h5-8,13,15-16,21H,9-12,14H2,1-4H3. The lowest BCUT2D eigenvalue weighted by Crippen LogP contribution is -2.38. The molecule has 1 aromatic carbocycles. The van der Waals surface area contributed by atoms with E-state index in [1.54, 1.807) is 11.8 Å². The number of likely N-dealkylation sites (tertiary alicyclic amines) is 1. The first-order chi connectivity index (χ1) is 14.9. The lowest BCUT2D eigenvalue weighted by molar-refractivity contribution is 0.0711. The molecule has 1 amide bonds. The van der Waals surface area contributed by atoms with Crippen molar-refractivity contribution in [2.45, 2.75) is 39.0 Å². The first-order valence-corrected chi connectivity index (χ1v) is 10.8. The second-order valence-corrected chi connectivity index (χ2v) is 8.43. The molecule has 0 N–H and O–H groups in total. The topological polar surface area (TPSA) is 60.2 Å². The molecule has 0 aliphatic carbocycles. The number of piperidine rings is 1. The predicted octanol–water partition coefficient (Wildman–Crippen LogP) is 4.05. The summed E-state index contributed by atoms with van der Waals surface area (Å²) >= 11 is 0. The van der Waals surface area contributed by atoms with Crippen LogP contribution in [0.15, 0.2) is 42.6 Å². The number of rotatable bonds is 5. The summed E-state index contributed by atoms with van der Waals surface area (Å²) in [5, 5.41) is 4.31. The van der Waals surface area contributed by atoms with Gasteiger partial charge in [-0.1, -0.05) is 12.1 Å². The Bertz CT molecular complexity index is 1060. The summed E-state index contributed by atoms with van der Waals surface area (Å²) in [5.41, 5.74) is 6.22. The highest BCUT2D eigenvalue weighted by atomic mass is 16.5. The summed E-state index contributed by atoms with van der Waals surface area (Å²) in [4.78, 5) is 19.7. The van der Waals surface area contributed by atoms with Crippen LogP contribution in [0.25, 0.3) is 0 Å². The van der Waals surface area contributed by atoms with E-state index >= 15 is 0 Å². The van der Waals surface area contributed by atoms with Gasteiger partial charge >= 0.3 is 0 Å². The molecule has 162 valence electrons. The fraction of sp³-hybridized carbons (Fsp3) is 0.400. The van der Waals surface area contributed by atoms with Gasteiger partial charge in [-0.05, 0) is 68.5 Å². The average Bonchev–Trinajstić information content (AvgIpc) is 3.11. The molecule has 6 heteroatoms. The number of methoxy groups -OCH3 is 1. The van der Waals surface area contributed by atoms with E-state index in [0.717, 1.165) is 55.2 Å². The summed E-state index contributed by atoms with van der Waals surface area (Å²) < 4.78 is 6.96. The van der Waals surface area contributed by atoms with Crippen molar-refractivity contribution in [1.29, 1.82) is 0 Å². The first-order valence-electron chi connectivity index (χ1n) is 10.8. The minimum absolute atomic E-state index is 0.0847. The van der Waals surface area contributed by atoms with Gasteiger partial charge in [0.1, 0.15) is 5.75 Å². The van der Waals surface area contributed by atoms with Crippen LogP contribution in [-0.4, -0.2) is 45.8 Å². The monoisotopic (exact) mass is 418 g/mol. The molecule has 0 radical (unpaired) electrons. The first kappa shape index (κ1) is 21.1. The highest BCUT2D eigenvalue weighted by molar-refractivity contribution is 5.95. The number of aromatic nitrogens is 3. The summed E-state index contributed by atoms with van der Waals surface area (Å²) in [6, 6.07) is 12.6. The normalized spacial score (nSPS) is 14.6. The maximum Gasteiger partial charge on any atom is 0.257 e. The second kappa shape index (κ2) is 8.92. The Morgan fingerprint density at radius 3 is 2.42 bits per heavy atom. The van der Waals surface area contributed by atoms with E-state index in [0.29, 0.717) is 11.5 Å². The number of aryl methyl sites for hydroxylation is 3. The van der Waals surface area contributed by atoms with Crippen LogP contribution in [0.2, 0.25) is 0 Å². The van der Waals surface area contributed by atoms with Crippen molar-refractivity contribution in [2.24, 2.45) is 7.05 Å². The van der Waals surface area contributed by atoms with Crippen LogP contribution in [0.1, 0.15) is 57.3 Å². The lowest BCUT2D eigenvalue weighted by Gasteiger charge is -2.32. The van der Waals surface area contributed by atoms with Gasteiger partial charge in [-0.3, -0.25) is 14.5 Å². The molecular weight excluding hydrogens is 388 g/mol. The van der Waals surface area contributed by atoms with Crippen LogP contribution in [0.5, 0.6) is 5.75 Å². The number of carbonyl (C=O) groups excluding carboxylic acids is 1. The zero-order valence-electron chi connectivity index (χ0n) is 18.8. The van der Waals surface area contributed by atoms with Crippen molar-refractivity contribution in [3.8, 4) is 5.75 Å². The van der Waals surface area contributed by atoms with Gasteiger partial charge in [0.2, 0.25) is 0 Å².